The summed E-state index contributed by atoms with van der Waals surface area (Å²) in [6.45, 7) is 1.65. The first-order chi connectivity index (χ1) is 10.0. The van der Waals surface area contributed by atoms with Crippen LogP contribution in [-0.4, -0.2) is 45.5 Å². The lowest BCUT2D eigenvalue weighted by molar-refractivity contribution is 0.296. The number of benzene rings is 1. The average Bonchev–Trinajstić information content (AvgIpc) is 2.94. The Hall–Kier alpha value is -0.630. The number of nitrogens with zero attached hydrogens (tertiary/aromatic N) is 1. The van der Waals surface area contributed by atoms with Gasteiger partial charge in [-0.1, -0.05) is 15.9 Å². The van der Waals surface area contributed by atoms with Crippen LogP contribution in [0.2, 0.25) is 0 Å². The number of rotatable bonds is 3. The van der Waals surface area contributed by atoms with Gasteiger partial charge >= 0.3 is 0 Å². The molecule has 2 heterocycles. The van der Waals surface area contributed by atoms with E-state index in [0.717, 1.165) is 29.3 Å². The molecule has 0 unspecified atom stereocenters. The quantitative estimate of drug-likeness (QED) is 0.875. The highest BCUT2D eigenvalue weighted by Gasteiger charge is 2.33. The van der Waals surface area contributed by atoms with E-state index >= 15 is 0 Å². The molecule has 1 N–H and O–H groups in total. The molecule has 0 bridgehead atoms. The summed E-state index contributed by atoms with van der Waals surface area (Å²) in [5.74, 6) is 0.536. The van der Waals surface area contributed by atoms with Crippen LogP contribution in [0.25, 0.3) is 0 Å². The van der Waals surface area contributed by atoms with Crippen LogP contribution in [0.15, 0.2) is 21.5 Å². The third-order valence-corrected chi connectivity index (χ3v) is 6.56. The van der Waals surface area contributed by atoms with Gasteiger partial charge in [0.15, 0.2) is 0 Å². The van der Waals surface area contributed by atoms with E-state index in [0.29, 0.717) is 36.4 Å². The van der Waals surface area contributed by atoms with Crippen molar-refractivity contribution in [2.75, 3.05) is 26.7 Å². The van der Waals surface area contributed by atoms with E-state index in [1.165, 1.54) is 0 Å². The second-order valence-corrected chi connectivity index (χ2v) is 8.28. The van der Waals surface area contributed by atoms with Crippen LogP contribution in [0.3, 0.4) is 0 Å². The van der Waals surface area contributed by atoms with Crippen LogP contribution >= 0.6 is 15.9 Å². The summed E-state index contributed by atoms with van der Waals surface area (Å²) in [5, 5.41) is 3.21. The van der Waals surface area contributed by atoms with E-state index in [-0.39, 0.29) is 0 Å². The van der Waals surface area contributed by atoms with Crippen LogP contribution in [-0.2, 0) is 16.4 Å². The molecule has 7 heteroatoms. The van der Waals surface area contributed by atoms with Gasteiger partial charge in [-0.25, -0.2) is 8.42 Å². The summed E-state index contributed by atoms with van der Waals surface area (Å²) in [6.07, 6.45) is 2.44. The first-order valence-corrected chi connectivity index (χ1v) is 9.38. The van der Waals surface area contributed by atoms with Gasteiger partial charge in [-0.2, -0.15) is 4.31 Å². The van der Waals surface area contributed by atoms with Crippen molar-refractivity contribution >= 4 is 26.0 Å². The Morgan fingerprint density at radius 2 is 2.05 bits per heavy atom. The van der Waals surface area contributed by atoms with Crippen LogP contribution in [0.4, 0.5) is 0 Å². The van der Waals surface area contributed by atoms with E-state index in [2.05, 4.69) is 21.2 Å². The molecule has 0 aliphatic carbocycles. The Balaban J connectivity index is 1.93. The molecular weight excluding hydrogens is 356 g/mol. The van der Waals surface area contributed by atoms with Gasteiger partial charge in [0, 0.05) is 35.6 Å². The summed E-state index contributed by atoms with van der Waals surface area (Å²) in [4.78, 5) is 0.298. The molecule has 0 atom stereocenters. The van der Waals surface area contributed by atoms with Gasteiger partial charge in [0.05, 0.1) is 6.61 Å². The van der Waals surface area contributed by atoms with Gasteiger partial charge in [-0.05, 0) is 32.0 Å². The van der Waals surface area contributed by atoms with Crippen molar-refractivity contribution in [1.29, 1.82) is 0 Å². The highest BCUT2D eigenvalue weighted by atomic mass is 79.9. The van der Waals surface area contributed by atoms with Crippen molar-refractivity contribution in [3.05, 3.63) is 22.2 Å². The second kappa shape index (κ2) is 5.87. The fourth-order valence-corrected chi connectivity index (χ4v) is 5.28. The summed E-state index contributed by atoms with van der Waals surface area (Å²) in [7, 11) is -1.57. The zero-order chi connectivity index (χ0) is 15.0. The lowest BCUT2D eigenvalue weighted by Crippen LogP contribution is -2.43. The standard InChI is InChI=1S/C14H19BrN2O3S/c1-16-12-2-5-17(6-3-12)21(18,19)13-9-11(15)8-10-4-7-20-14(10)13/h8-9,12,16H,2-7H2,1H3. The molecular formula is C14H19BrN2O3S. The minimum Gasteiger partial charge on any atom is -0.492 e. The number of halogens is 1. The largest absolute Gasteiger partial charge is 0.492 e. The monoisotopic (exact) mass is 374 g/mol. The Labute approximate surface area is 133 Å². The maximum Gasteiger partial charge on any atom is 0.246 e. The lowest BCUT2D eigenvalue weighted by atomic mass is 10.1. The average molecular weight is 375 g/mol. The summed E-state index contributed by atoms with van der Waals surface area (Å²) >= 11 is 3.40. The van der Waals surface area contributed by atoms with Gasteiger partial charge in [0.25, 0.3) is 0 Å². The Morgan fingerprint density at radius 1 is 1.33 bits per heavy atom. The van der Waals surface area contributed by atoms with Crippen molar-refractivity contribution < 1.29 is 13.2 Å². The molecule has 0 spiro atoms. The van der Waals surface area contributed by atoms with E-state index in [9.17, 15) is 8.42 Å². The fraction of sp³-hybridized carbons (Fsp3) is 0.571. The third kappa shape index (κ3) is 2.84. The lowest BCUT2D eigenvalue weighted by Gasteiger charge is -2.31. The first kappa shape index (κ1) is 15.3. The zero-order valence-corrected chi connectivity index (χ0v) is 14.3. The van der Waals surface area contributed by atoms with Crippen molar-refractivity contribution in [2.45, 2.75) is 30.2 Å². The maximum atomic E-state index is 12.9. The molecule has 1 aromatic rings. The second-order valence-electron chi connectivity index (χ2n) is 5.46. The number of piperidine rings is 1. The summed E-state index contributed by atoms with van der Waals surface area (Å²) in [6, 6.07) is 4.00. The number of fused-ring (bicyclic) bond motifs is 1. The molecule has 116 valence electrons. The Bertz CT molecular complexity index is 640. The Kier molecular flexibility index (Phi) is 4.27. The van der Waals surface area contributed by atoms with Crippen molar-refractivity contribution in [3.8, 4) is 5.75 Å². The van der Waals surface area contributed by atoms with Gasteiger partial charge in [-0.3, -0.25) is 0 Å². The van der Waals surface area contributed by atoms with E-state index < -0.39 is 10.0 Å². The van der Waals surface area contributed by atoms with Crippen molar-refractivity contribution in [3.63, 3.8) is 0 Å². The molecule has 0 radical (unpaired) electrons. The molecule has 3 rings (SSSR count). The molecule has 21 heavy (non-hydrogen) atoms. The van der Waals surface area contributed by atoms with Gasteiger partial charge in [0.2, 0.25) is 10.0 Å². The molecule has 2 aliphatic heterocycles. The van der Waals surface area contributed by atoms with Gasteiger partial charge < -0.3 is 10.1 Å². The number of hydrogen-bond donors (Lipinski definition) is 1. The maximum absolute atomic E-state index is 12.9. The number of nitrogens with one attached hydrogen (secondary N) is 1. The van der Waals surface area contributed by atoms with Crippen molar-refractivity contribution in [2.24, 2.45) is 0 Å². The normalized spacial score (nSPS) is 20.3. The summed E-state index contributed by atoms with van der Waals surface area (Å²) in [5.41, 5.74) is 0.966. The van der Waals surface area contributed by atoms with E-state index in [4.69, 9.17) is 4.74 Å². The molecule has 1 fully saturated rings. The van der Waals surface area contributed by atoms with Crippen LogP contribution in [0.1, 0.15) is 18.4 Å². The minimum atomic E-state index is -3.49. The predicted molar refractivity (Wildman–Crippen MR) is 84.2 cm³/mol. The molecule has 0 aromatic heterocycles. The number of sulfonamides is 1. The first-order valence-electron chi connectivity index (χ1n) is 7.15. The van der Waals surface area contributed by atoms with Crippen LogP contribution in [0.5, 0.6) is 5.75 Å². The molecule has 0 amide bonds. The van der Waals surface area contributed by atoms with E-state index in [1.54, 1.807) is 10.4 Å². The van der Waals surface area contributed by atoms with Crippen LogP contribution in [0, 0.1) is 0 Å². The molecule has 0 saturated carbocycles. The molecule has 1 saturated heterocycles. The molecule has 5 nitrogen and oxygen atoms in total. The smallest absolute Gasteiger partial charge is 0.246 e. The molecule has 2 aliphatic rings. The number of ether oxygens (including phenoxy) is 1. The summed E-state index contributed by atoms with van der Waals surface area (Å²) < 4.78 is 33.7. The van der Waals surface area contributed by atoms with Gasteiger partial charge in [-0.15, -0.1) is 0 Å². The fourth-order valence-electron chi connectivity index (χ4n) is 2.95. The zero-order valence-electron chi connectivity index (χ0n) is 11.9. The Morgan fingerprint density at radius 3 is 2.71 bits per heavy atom. The minimum absolute atomic E-state index is 0.298. The predicted octanol–water partition coefficient (Wildman–Crippen LogP) is 1.76. The highest BCUT2D eigenvalue weighted by Crippen LogP contribution is 2.37. The third-order valence-electron chi connectivity index (χ3n) is 4.19. The highest BCUT2D eigenvalue weighted by molar-refractivity contribution is 9.10. The number of hydrogen-bond acceptors (Lipinski definition) is 4. The van der Waals surface area contributed by atoms with Gasteiger partial charge in [0.1, 0.15) is 10.6 Å². The topological polar surface area (TPSA) is 58.6 Å². The SMILES string of the molecule is CNC1CCN(S(=O)(=O)c2cc(Br)cc3c2OCC3)CC1. The van der Waals surface area contributed by atoms with E-state index in [1.807, 2.05) is 13.1 Å². The van der Waals surface area contributed by atoms with Crippen LogP contribution < -0.4 is 10.1 Å². The molecule has 1 aromatic carbocycles. The van der Waals surface area contributed by atoms with Crippen molar-refractivity contribution in [1.82, 2.24) is 9.62 Å².